The second-order valence-electron chi connectivity index (χ2n) is 3.94. The van der Waals surface area contributed by atoms with Crippen molar-refractivity contribution in [1.82, 2.24) is 0 Å². The average Bonchev–Trinajstić information content (AvgIpc) is 2.95. The second-order valence-corrected chi connectivity index (χ2v) is 4.79. The number of hydrogen-bond acceptors (Lipinski definition) is 3. The Balaban J connectivity index is 2.66. The molecule has 3 nitrogen and oxygen atoms in total. The van der Waals surface area contributed by atoms with E-state index in [0.29, 0.717) is 21.5 Å². The summed E-state index contributed by atoms with van der Waals surface area (Å²) in [6, 6.07) is 1.36. The molecule has 2 N–H and O–H groups in total. The number of methoxy groups -OCH3 is 2. The smallest absolute Gasteiger partial charge is 0.175 e. The third-order valence-electron chi connectivity index (χ3n) is 2.84. The zero-order valence-electron chi connectivity index (χ0n) is 9.14. The van der Waals surface area contributed by atoms with Crippen LogP contribution in [-0.4, -0.2) is 14.2 Å². The maximum Gasteiger partial charge on any atom is 0.175 e. The van der Waals surface area contributed by atoms with Gasteiger partial charge >= 0.3 is 0 Å². The van der Waals surface area contributed by atoms with E-state index in [1.807, 2.05) is 0 Å². The van der Waals surface area contributed by atoms with Crippen LogP contribution in [0.15, 0.2) is 10.5 Å². The van der Waals surface area contributed by atoms with Gasteiger partial charge in [0, 0.05) is 5.54 Å². The second kappa shape index (κ2) is 3.89. The first-order valence-corrected chi connectivity index (χ1v) is 5.72. The lowest BCUT2D eigenvalue weighted by Gasteiger charge is -2.19. The van der Waals surface area contributed by atoms with E-state index in [9.17, 15) is 4.39 Å². The van der Waals surface area contributed by atoms with Crippen LogP contribution in [0.4, 0.5) is 4.39 Å². The number of rotatable bonds is 3. The molecule has 1 aliphatic carbocycles. The van der Waals surface area contributed by atoms with Gasteiger partial charge in [0.2, 0.25) is 0 Å². The molecule has 0 aromatic heterocycles. The first-order chi connectivity index (χ1) is 7.53. The van der Waals surface area contributed by atoms with E-state index < -0.39 is 5.54 Å². The van der Waals surface area contributed by atoms with Crippen molar-refractivity contribution in [3.63, 3.8) is 0 Å². The van der Waals surface area contributed by atoms with Gasteiger partial charge in [-0.2, -0.15) is 0 Å². The van der Waals surface area contributed by atoms with Crippen LogP contribution >= 0.6 is 15.9 Å². The van der Waals surface area contributed by atoms with Crippen LogP contribution in [0.1, 0.15) is 18.4 Å². The van der Waals surface area contributed by atoms with Crippen molar-refractivity contribution in [2.24, 2.45) is 5.73 Å². The minimum absolute atomic E-state index is 0.357. The third-order valence-corrected chi connectivity index (χ3v) is 3.43. The van der Waals surface area contributed by atoms with Crippen LogP contribution in [-0.2, 0) is 5.54 Å². The van der Waals surface area contributed by atoms with Crippen molar-refractivity contribution in [3.8, 4) is 11.5 Å². The lowest BCUT2D eigenvalue weighted by Crippen LogP contribution is -2.22. The first kappa shape index (κ1) is 11.7. The predicted molar refractivity (Wildman–Crippen MR) is 62.3 cm³/mol. The monoisotopic (exact) mass is 289 g/mol. The van der Waals surface area contributed by atoms with Gasteiger partial charge in [-0.15, -0.1) is 0 Å². The zero-order valence-corrected chi connectivity index (χ0v) is 10.7. The van der Waals surface area contributed by atoms with E-state index in [0.717, 1.165) is 12.8 Å². The van der Waals surface area contributed by atoms with Crippen LogP contribution in [0, 0.1) is 5.82 Å². The van der Waals surface area contributed by atoms with Gasteiger partial charge in [0.05, 0.1) is 24.3 Å². The van der Waals surface area contributed by atoms with E-state index in [4.69, 9.17) is 15.2 Å². The quantitative estimate of drug-likeness (QED) is 0.930. The maximum atomic E-state index is 13.9. The van der Waals surface area contributed by atoms with E-state index in [2.05, 4.69) is 15.9 Å². The van der Waals surface area contributed by atoms with Crippen molar-refractivity contribution < 1.29 is 13.9 Å². The van der Waals surface area contributed by atoms with Gasteiger partial charge in [-0.1, -0.05) is 0 Å². The molecule has 0 heterocycles. The standard InChI is InChI=1S/C11H13BrFNO2/c1-15-9-6(12)5-7(13)8(10(9)16-2)11(14)3-4-11/h5H,3-4,14H2,1-2H3. The highest BCUT2D eigenvalue weighted by molar-refractivity contribution is 9.10. The van der Waals surface area contributed by atoms with Crippen LogP contribution in [0.25, 0.3) is 0 Å². The molecular weight excluding hydrogens is 277 g/mol. The predicted octanol–water partition coefficient (Wildman–Crippen LogP) is 2.55. The molecule has 0 unspecified atom stereocenters. The van der Waals surface area contributed by atoms with Gasteiger partial charge in [-0.05, 0) is 34.8 Å². The van der Waals surface area contributed by atoms with E-state index in [-0.39, 0.29) is 5.82 Å². The van der Waals surface area contributed by atoms with Crippen molar-refractivity contribution in [1.29, 1.82) is 0 Å². The number of halogens is 2. The molecular formula is C11H13BrFNO2. The molecule has 0 bridgehead atoms. The summed E-state index contributed by atoms with van der Waals surface area (Å²) in [5.41, 5.74) is 5.85. The van der Waals surface area contributed by atoms with Crippen molar-refractivity contribution in [2.45, 2.75) is 18.4 Å². The van der Waals surface area contributed by atoms with Gasteiger partial charge in [0.25, 0.3) is 0 Å². The minimum atomic E-state index is -0.594. The molecule has 0 saturated heterocycles. The molecule has 1 saturated carbocycles. The van der Waals surface area contributed by atoms with Crippen molar-refractivity contribution in [3.05, 3.63) is 21.9 Å². The van der Waals surface area contributed by atoms with Gasteiger partial charge in [0.15, 0.2) is 11.5 Å². The Labute approximate surface area is 102 Å². The molecule has 0 radical (unpaired) electrons. The number of benzene rings is 1. The van der Waals surface area contributed by atoms with E-state index in [1.165, 1.54) is 20.3 Å². The Morgan fingerprint density at radius 1 is 1.31 bits per heavy atom. The highest BCUT2D eigenvalue weighted by Crippen LogP contribution is 2.52. The Morgan fingerprint density at radius 3 is 2.31 bits per heavy atom. The van der Waals surface area contributed by atoms with Gasteiger partial charge in [0.1, 0.15) is 5.82 Å². The average molecular weight is 290 g/mol. The summed E-state index contributed by atoms with van der Waals surface area (Å²) in [6.07, 6.45) is 1.54. The fourth-order valence-electron chi connectivity index (χ4n) is 1.81. The third kappa shape index (κ3) is 1.68. The number of ether oxygens (including phenoxy) is 2. The molecule has 2 rings (SSSR count). The molecule has 0 spiro atoms. The van der Waals surface area contributed by atoms with Crippen LogP contribution < -0.4 is 15.2 Å². The molecule has 0 amide bonds. The highest BCUT2D eigenvalue weighted by Gasteiger charge is 2.45. The summed E-state index contributed by atoms with van der Waals surface area (Å²) in [4.78, 5) is 0. The molecule has 1 aromatic carbocycles. The Kier molecular flexibility index (Phi) is 2.84. The summed E-state index contributed by atoms with van der Waals surface area (Å²) in [5.74, 6) is 0.509. The van der Waals surface area contributed by atoms with Crippen LogP contribution in [0.3, 0.4) is 0 Å². The number of hydrogen-bond donors (Lipinski definition) is 1. The lowest BCUT2D eigenvalue weighted by molar-refractivity contribution is 0.342. The van der Waals surface area contributed by atoms with Gasteiger partial charge in [-0.25, -0.2) is 4.39 Å². The minimum Gasteiger partial charge on any atom is -0.492 e. The van der Waals surface area contributed by atoms with Crippen molar-refractivity contribution >= 4 is 15.9 Å². The SMILES string of the molecule is COc1c(Br)cc(F)c(C2(N)CC2)c1OC. The largest absolute Gasteiger partial charge is 0.492 e. The molecule has 88 valence electrons. The van der Waals surface area contributed by atoms with E-state index in [1.54, 1.807) is 0 Å². The normalized spacial score (nSPS) is 17.1. The molecule has 1 fully saturated rings. The molecule has 5 heteroatoms. The zero-order chi connectivity index (χ0) is 11.9. The van der Waals surface area contributed by atoms with Crippen molar-refractivity contribution in [2.75, 3.05) is 14.2 Å². The summed E-state index contributed by atoms with van der Waals surface area (Å²) < 4.78 is 24.8. The summed E-state index contributed by atoms with van der Waals surface area (Å²) in [6.45, 7) is 0. The topological polar surface area (TPSA) is 44.5 Å². The highest BCUT2D eigenvalue weighted by atomic mass is 79.9. The Hall–Kier alpha value is -0.810. The van der Waals surface area contributed by atoms with Gasteiger partial charge < -0.3 is 15.2 Å². The van der Waals surface area contributed by atoms with Gasteiger partial charge in [-0.3, -0.25) is 0 Å². The molecule has 1 aromatic rings. The fraction of sp³-hybridized carbons (Fsp3) is 0.455. The summed E-state index contributed by atoms with van der Waals surface area (Å²) >= 11 is 3.23. The van der Waals surface area contributed by atoms with E-state index >= 15 is 0 Å². The summed E-state index contributed by atoms with van der Waals surface area (Å²) in [7, 11) is 3.00. The van der Waals surface area contributed by atoms with Crippen LogP contribution in [0.2, 0.25) is 0 Å². The molecule has 0 atom stereocenters. The van der Waals surface area contributed by atoms with Crippen LogP contribution in [0.5, 0.6) is 11.5 Å². The molecule has 1 aliphatic rings. The fourth-order valence-corrected chi connectivity index (χ4v) is 2.36. The summed E-state index contributed by atoms with van der Waals surface area (Å²) in [5, 5.41) is 0. The Morgan fingerprint density at radius 2 is 1.88 bits per heavy atom. The first-order valence-electron chi connectivity index (χ1n) is 4.93. The maximum absolute atomic E-state index is 13.9. The lowest BCUT2D eigenvalue weighted by atomic mass is 10.0. The number of nitrogens with two attached hydrogens (primary N) is 1. The Bertz CT molecular complexity index is 432. The molecule has 16 heavy (non-hydrogen) atoms. The molecule has 0 aliphatic heterocycles.